The van der Waals surface area contributed by atoms with E-state index in [1.807, 2.05) is 12.1 Å². The molecule has 1 aliphatic heterocycles. The molecule has 0 bridgehead atoms. The number of allylic oxidation sites excluding steroid dienone is 3. The molecule has 0 amide bonds. The van der Waals surface area contributed by atoms with Crippen LogP contribution in [0, 0.1) is 0 Å². The Balaban J connectivity index is 1.09. The van der Waals surface area contributed by atoms with Gasteiger partial charge in [0.2, 0.25) is 0 Å². The molecule has 2 heterocycles. The van der Waals surface area contributed by atoms with Crippen LogP contribution in [0.3, 0.4) is 0 Å². The lowest BCUT2D eigenvalue weighted by Gasteiger charge is -2.31. The average molecular weight is 758 g/mol. The number of fused-ring (bicyclic) bond motifs is 7. The van der Waals surface area contributed by atoms with Crippen molar-refractivity contribution >= 4 is 55.7 Å². The Morgan fingerprint density at radius 3 is 2.19 bits per heavy atom. The van der Waals surface area contributed by atoms with Crippen molar-refractivity contribution in [3.63, 3.8) is 0 Å². The first-order chi connectivity index (χ1) is 29.2. The molecule has 9 aromatic rings. The lowest BCUT2D eigenvalue weighted by Crippen LogP contribution is -2.23. The van der Waals surface area contributed by atoms with Crippen molar-refractivity contribution in [2.75, 3.05) is 4.90 Å². The molecule has 11 rings (SSSR count). The molecule has 2 atom stereocenters. The summed E-state index contributed by atoms with van der Waals surface area (Å²) in [5.74, 6) is 1.03. The number of nitrogens with zero attached hydrogens (tertiary/aromatic N) is 1. The summed E-state index contributed by atoms with van der Waals surface area (Å²) in [5, 5.41) is 4.57. The number of hydrogen-bond donors (Lipinski definition) is 0. The maximum Gasteiger partial charge on any atom is 0.145 e. The van der Waals surface area contributed by atoms with Crippen LogP contribution in [-0.2, 0) is 0 Å². The van der Waals surface area contributed by atoms with Gasteiger partial charge in [-0.05, 0) is 117 Å². The molecule has 0 spiro atoms. The minimum absolute atomic E-state index is 0.0533. The average Bonchev–Trinajstić information content (AvgIpc) is 3.88. The lowest BCUT2D eigenvalue weighted by atomic mass is 9.90. The predicted octanol–water partition coefficient (Wildman–Crippen LogP) is 14.9. The molecule has 0 radical (unpaired) electrons. The highest BCUT2D eigenvalue weighted by atomic mass is 16.5. The summed E-state index contributed by atoms with van der Waals surface area (Å²) in [5.41, 5.74) is 13.8. The van der Waals surface area contributed by atoms with Crippen LogP contribution in [-0.4, -0.2) is 6.10 Å². The van der Waals surface area contributed by atoms with Crippen molar-refractivity contribution in [3.05, 3.63) is 235 Å². The smallest absolute Gasteiger partial charge is 0.145 e. The summed E-state index contributed by atoms with van der Waals surface area (Å²) in [6.45, 7) is 4.22. The molecule has 1 aromatic heterocycles. The maximum absolute atomic E-state index is 6.98. The van der Waals surface area contributed by atoms with Crippen molar-refractivity contribution < 1.29 is 9.15 Å². The third kappa shape index (κ3) is 6.16. The first-order valence-electron chi connectivity index (χ1n) is 20.2. The van der Waals surface area contributed by atoms with Crippen molar-refractivity contribution in [1.82, 2.24) is 0 Å². The Morgan fingerprint density at radius 1 is 0.627 bits per heavy atom. The zero-order chi connectivity index (χ0) is 39.3. The fourth-order valence-electron chi connectivity index (χ4n) is 8.86. The second-order valence-corrected chi connectivity index (χ2v) is 15.3. The Bertz CT molecular complexity index is 3150. The second-order valence-electron chi connectivity index (χ2n) is 15.3. The predicted molar refractivity (Wildman–Crippen MR) is 246 cm³/mol. The topological polar surface area (TPSA) is 25.6 Å². The molecule has 3 heteroatoms. The van der Waals surface area contributed by atoms with Gasteiger partial charge in [0.15, 0.2) is 0 Å². The fraction of sp³-hybridized carbons (Fsp3) is 0.0357. The third-order valence-electron chi connectivity index (χ3n) is 11.8. The van der Waals surface area contributed by atoms with Gasteiger partial charge in [-0.15, -0.1) is 0 Å². The summed E-state index contributed by atoms with van der Waals surface area (Å²) in [4.78, 5) is 2.38. The molecule has 59 heavy (non-hydrogen) atoms. The summed E-state index contributed by atoms with van der Waals surface area (Å²) in [6.07, 6.45) is 10.9. The van der Waals surface area contributed by atoms with Gasteiger partial charge in [-0.2, -0.15) is 0 Å². The fourth-order valence-corrected chi connectivity index (χ4v) is 8.86. The van der Waals surface area contributed by atoms with Crippen LogP contribution in [0.2, 0.25) is 0 Å². The van der Waals surface area contributed by atoms with E-state index in [1.54, 1.807) is 0 Å². The van der Waals surface area contributed by atoms with Gasteiger partial charge < -0.3 is 14.1 Å². The number of anilines is 2. The van der Waals surface area contributed by atoms with Crippen molar-refractivity contribution in [2.45, 2.75) is 12.0 Å². The molecule has 3 nitrogen and oxygen atoms in total. The van der Waals surface area contributed by atoms with Crippen LogP contribution in [0.15, 0.2) is 223 Å². The minimum Gasteiger partial charge on any atom is -0.485 e. The van der Waals surface area contributed by atoms with Crippen molar-refractivity contribution in [2.24, 2.45) is 0 Å². The first-order valence-corrected chi connectivity index (χ1v) is 20.2. The number of ether oxygens (including phenoxy) is 1. The Labute approximate surface area is 343 Å². The number of para-hydroxylation sites is 1. The molecule has 0 saturated heterocycles. The van der Waals surface area contributed by atoms with Gasteiger partial charge >= 0.3 is 0 Å². The summed E-state index contributed by atoms with van der Waals surface area (Å²) < 4.78 is 13.4. The van der Waals surface area contributed by atoms with E-state index in [1.165, 1.54) is 16.3 Å². The number of furan rings is 1. The molecule has 0 N–H and O–H groups in total. The molecular weight excluding hydrogens is 719 g/mol. The quantitative estimate of drug-likeness (QED) is 0.114. The Kier molecular flexibility index (Phi) is 8.45. The SMILES string of the molecule is C=C/C(=C\c1ccc2ccccc2c1)c1ccc(N(C2=CC3c4ccccc4OC3C=C2)c2ccc(-c3ccccc3)c3oc4cc(-c5ccccc5)ccc4c23)cc1. The Hall–Kier alpha value is -7.62. The highest BCUT2D eigenvalue weighted by molar-refractivity contribution is 6.17. The van der Waals surface area contributed by atoms with E-state index in [0.717, 1.165) is 83.7 Å². The molecule has 1 aliphatic carbocycles. The molecule has 280 valence electrons. The monoisotopic (exact) mass is 757 g/mol. The molecule has 2 aliphatic rings. The van der Waals surface area contributed by atoms with E-state index in [4.69, 9.17) is 9.15 Å². The maximum atomic E-state index is 6.98. The van der Waals surface area contributed by atoms with Gasteiger partial charge in [0.1, 0.15) is 23.0 Å². The molecule has 8 aromatic carbocycles. The summed E-state index contributed by atoms with van der Waals surface area (Å²) in [7, 11) is 0. The highest BCUT2D eigenvalue weighted by Crippen LogP contribution is 2.48. The van der Waals surface area contributed by atoms with Crippen LogP contribution in [0.1, 0.15) is 22.6 Å². The van der Waals surface area contributed by atoms with Crippen LogP contribution >= 0.6 is 0 Å². The van der Waals surface area contributed by atoms with E-state index in [9.17, 15) is 0 Å². The Morgan fingerprint density at radius 2 is 1.37 bits per heavy atom. The van der Waals surface area contributed by atoms with Crippen LogP contribution in [0.25, 0.3) is 66.6 Å². The standard InChI is InChI=1S/C56H39NO2/c1-2-38(33-37-21-22-40-15-9-10-18-43(40)34-37)41-23-26-45(27-24-41)57(46-28-32-53-50(36-46)48-19-11-12-20-52(48)58-53)51-31-30-47(42-16-7-4-8-17-42)56-55(51)49-29-25-44(35-54(49)59-56)39-13-5-3-6-14-39/h2-36,50,53H,1H2/b38-33+. The van der Waals surface area contributed by atoms with Crippen molar-refractivity contribution in [1.29, 1.82) is 0 Å². The highest BCUT2D eigenvalue weighted by Gasteiger charge is 2.35. The van der Waals surface area contributed by atoms with Gasteiger partial charge in [-0.25, -0.2) is 0 Å². The minimum atomic E-state index is -0.0533. The van der Waals surface area contributed by atoms with Crippen LogP contribution in [0.4, 0.5) is 11.4 Å². The van der Waals surface area contributed by atoms with Crippen molar-refractivity contribution in [3.8, 4) is 28.0 Å². The van der Waals surface area contributed by atoms with E-state index in [0.29, 0.717) is 0 Å². The molecule has 2 unspecified atom stereocenters. The second kappa shape index (κ2) is 14.4. The molecule has 0 fully saturated rings. The third-order valence-corrected chi connectivity index (χ3v) is 11.8. The summed E-state index contributed by atoms with van der Waals surface area (Å²) in [6, 6.07) is 64.4. The number of hydrogen-bond acceptors (Lipinski definition) is 3. The zero-order valence-electron chi connectivity index (χ0n) is 32.3. The van der Waals surface area contributed by atoms with E-state index in [-0.39, 0.29) is 12.0 Å². The lowest BCUT2D eigenvalue weighted by molar-refractivity contribution is 0.268. The molecule has 0 saturated carbocycles. The summed E-state index contributed by atoms with van der Waals surface area (Å²) >= 11 is 0. The molecular formula is C56H39NO2. The van der Waals surface area contributed by atoms with Crippen LogP contribution in [0.5, 0.6) is 5.75 Å². The van der Waals surface area contributed by atoms with Gasteiger partial charge in [-0.1, -0.05) is 146 Å². The number of benzene rings is 8. The van der Waals surface area contributed by atoms with Gasteiger partial charge in [0, 0.05) is 33.8 Å². The van der Waals surface area contributed by atoms with E-state index < -0.39 is 0 Å². The normalized spacial score (nSPS) is 15.8. The van der Waals surface area contributed by atoms with Crippen LogP contribution < -0.4 is 9.64 Å². The zero-order valence-corrected chi connectivity index (χ0v) is 32.3. The van der Waals surface area contributed by atoms with Gasteiger partial charge in [-0.3, -0.25) is 0 Å². The van der Waals surface area contributed by atoms with Gasteiger partial charge in [0.25, 0.3) is 0 Å². The van der Waals surface area contributed by atoms with E-state index in [2.05, 4.69) is 212 Å². The largest absolute Gasteiger partial charge is 0.485 e. The van der Waals surface area contributed by atoms with E-state index >= 15 is 0 Å². The first kappa shape index (κ1) is 34.6. The number of rotatable bonds is 8. The van der Waals surface area contributed by atoms with Gasteiger partial charge in [0.05, 0.1) is 11.1 Å².